The van der Waals surface area contributed by atoms with Gasteiger partial charge >= 0.3 is 0 Å². The Morgan fingerprint density at radius 2 is 1.28 bits per heavy atom. The van der Waals surface area contributed by atoms with E-state index < -0.39 is 0 Å². The normalized spacial score (nSPS) is 12.4. The first-order chi connectivity index (χ1) is 22.6. The number of allylic oxidation sites excluding steroid dienone is 3. The van der Waals surface area contributed by atoms with E-state index in [1.54, 1.807) is 0 Å². The van der Waals surface area contributed by atoms with Gasteiger partial charge in [-0.25, -0.2) is 0 Å². The molecule has 0 fully saturated rings. The quantitative estimate of drug-likeness (QED) is 0.123. The van der Waals surface area contributed by atoms with Crippen LogP contribution in [0.2, 0.25) is 0 Å². The number of aliphatic imine (C=N–C) groups is 1. The summed E-state index contributed by atoms with van der Waals surface area (Å²) in [6.07, 6.45) is 6.67. The van der Waals surface area contributed by atoms with Crippen LogP contribution in [0.1, 0.15) is 48.9 Å². The van der Waals surface area contributed by atoms with Crippen LogP contribution >= 0.6 is 0 Å². The lowest BCUT2D eigenvalue weighted by Gasteiger charge is -2.15. The van der Waals surface area contributed by atoms with Gasteiger partial charge in [0.25, 0.3) is 0 Å². The topological polar surface area (TPSA) is 24.4 Å². The number of nitrogens with one attached hydrogen (secondary N) is 1. The Bertz CT molecular complexity index is 2030. The van der Waals surface area contributed by atoms with Gasteiger partial charge in [-0.05, 0) is 89.2 Å². The third-order valence-electron chi connectivity index (χ3n) is 8.33. The molecular weight excluding hydrogens is 556 g/mol. The number of nitrogens with zero attached hydrogens (tertiary/aromatic N) is 1. The van der Waals surface area contributed by atoms with Crippen molar-refractivity contribution in [3.8, 4) is 11.1 Å². The van der Waals surface area contributed by atoms with Crippen LogP contribution in [0.5, 0.6) is 0 Å². The van der Waals surface area contributed by atoms with Gasteiger partial charge in [0.15, 0.2) is 0 Å². The van der Waals surface area contributed by atoms with E-state index in [4.69, 9.17) is 4.99 Å². The summed E-state index contributed by atoms with van der Waals surface area (Å²) in [6.45, 7) is 6.47. The predicted molar refractivity (Wildman–Crippen MR) is 200 cm³/mol. The molecule has 0 unspecified atom stereocenters. The zero-order valence-electron chi connectivity index (χ0n) is 26.9. The number of aryl methyl sites for hydroxylation is 1. The molecule has 0 spiro atoms. The summed E-state index contributed by atoms with van der Waals surface area (Å²) in [5.41, 5.74) is 12.3. The molecule has 0 aliphatic heterocycles. The second-order valence-electron chi connectivity index (χ2n) is 11.7. The molecule has 0 aliphatic carbocycles. The summed E-state index contributed by atoms with van der Waals surface area (Å²) in [6, 6.07) is 51.3. The van der Waals surface area contributed by atoms with Crippen LogP contribution in [0.25, 0.3) is 33.2 Å². The highest BCUT2D eigenvalue weighted by Gasteiger charge is 2.10. The highest BCUT2D eigenvalue weighted by Crippen LogP contribution is 2.33. The van der Waals surface area contributed by atoms with Crippen LogP contribution in [0.4, 0.5) is 11.4 Å². The van der Waals surface area contributed by atoms with Crippen LogP contribution in [-0.4, -0.2) is 5.71 Å². The summed E-state index contributed by atoms with van der Waals surface area (Å²) in [7, 11) is 0. The van der Waals surface area contributed by atoms with Crippen LogP contribution in [0, 0.1) is 6.92 Å². The first-order valence-electron chi connectivity index (χ1n) is 16.1. The zero-order valence-corrected chi connectivity index (χ0v) is 26.9. The standard InChI is InChI=1S/C44H40N2/c1-4-5-16-38(39-25-24-35-19-10-11-20-37(35)30-39)31-44(45-33(3)34-17-7-6-8-18-34)36-26-28-40(29-27-36)46-43-23-14-13-22-42(43)41-21-12-9-15-32(41)2/h6-31,46H,4-5H2,1-3H3/b38-16+,44-31-,45-33?. The summed E-state index contributed by atoms with van der Waals surface area (Å²) in [5, 5.41) is 6.16. The van der Waals surface area contributed by atoms with E-state index in [-0.39, 0.29) is 0 Å². The summed E-state index contributed by atoms with van der Waals surface area (Å²) in [5.74, 6) is 0. The molecule has 0 bridgehead atoms. The van der Waals surface area contributed by atoms with E-state index in [2.05, 4.69) is 178 Å². The fraction of sp³-hybridized carbons (Fsp3) is 0.114. The SMILES string of the molecule is CCC/C=C(\C=C(/N=C(C)c1ccccc1)c1ccc(Nc2ccccc2-c2ccccc2C)cc1)c1ccc2ccccc2c1. The average Bonchev–Trinajstić information content (AvgIpc) is 3.10. The highest BCUT2D eigenvalue weighted by molar-refractivity contribution is 6.02. The molecule has 6 rings (SSSR count). The van der Waals surface area contributed by atoms with E-state index in [0.717, 1.165) is 46.8 Å². The van der Waals surface area contributed by atoms with Gasteiger partial charge in [0.1, 0.15) is 0 Å². The molecule has 1 N–H and O–H groups in total. The van der Waals surface area contributed by atoms with Crippen molar-refractivity contribution < 1.29 is 0 Å². The van der Waals surface area contributed by atoms with Crippen molar-refractivity contribution >= 4 is 39.1 Å². The Labute approximate surface area is 273 Å². The van der Waals surface area contributed by atoms with Crippen molar-refractivity contribution in [1.29, 1.82) is 0 Å². The van der Waals surface area contributed by atoms with E-state index in [1.165, 1.54) is 38.6 Å². The third-order valence-corrected chi connectivity index (χ3v) is 8.33. The Hall–Kier alpha value is -5.47. The summed E-state index contributed by atoms with van der Waals surface area (Å²) >= 11 is 0. The number of anilines is 2. The molecule has 6 aromatic carbocycles. The molecule has 0 amide bonds. The Morgan fingerprint density at radius 3 is 2.04 bits per heavy atom. The summed E-state index contributed by atoms with van der Waals surface area (Å²) < 4.78 is 0. The largest absolute Gasteiger partial charge is 0.355 e. The molecule has 2 nitrogen and oxygen atoms in total. The van der Waals surface area contributed by atoms with Gasteiger partial charge in [0.2, 0.25) is 0 Å². The first kappa shape index (κ1) is 30.6. The maximum atomic E-state index is 5.25. The van der Waals surface area contributed by atoms with Gasteiger partial charge < -0.3 is 5.32 Å². The Balaban J connectivity index is 1.39. The Kier molecular flexibility index (Phi) is 9.66. The molecule has 226 valence electrons. The minimum absolute atomic E-state index is 0.934. The summed E-state index contributed by atoms with van der Waals surface area (Å²) in [4.78, 5) is 5.25. The Morgan fingerprint density at radius 1 is 0.630 bits per heavy atom. The lowest BCUT2D eigenvalue weighted by molar-refractivity contribution is 0.960. The van der Waals surface area contributed by atoms with Crippen molar-refractivity contribution in [2.45, 2.75) is 33.6 Å². The third kappa shape index (κ3) is 7.25. The van der Waals surface area contributed by atoms with Crippen LogP contribution in [0.15, 0.2) is 163 Å². The molecule has 46 heavy (non-hydrogen) atoms. The van der Waals surface area contributed by atoms with Gasteiger partial charge in [-0.3, -0.25) is 4.99 Å². The monoisotopic (exact) mass is 596 g/mol. The molecule has 0 saturated heterocycles. The molecule has 0 aliphatic rings. The van der Waals surface area contributed by atoms with Crippen LogP contribution in [-0.2, 0) is 0 Å². The van der Waals surface area contributed by atoms with Gasteiger partial charge in [0, 0.05) is 28.2 Å². The fourth-order valence-electron chi connectivity index (χ4n) is 5.76. The van der Waals surface area contributed by atoms with Crippen molar-refractivity contribution in [1.82, 2.24) is 0 Å². The van der Waals surface area contributed by atoms with Crippen molar-refractivity contribution in [2.24, 2.45) is 4.99 Å². The molecule has 0 atom stereocenters. The van der Waals surface area contributed by atoms with E-state index >= 15 is 0 Å². The minimum atomic E-state index is 0.934. The lowest BCUT2D eigenvalue weighted by atomic mass is 9.97. The molecular formula is C44H40N2. The maximum Gasteiger partial charge on any atom is 0.0711 e. The molecule has 0 radical (unpaired) electrons. The smallest absolute Gasteiger partial charge is 0.0711 e. The number of unbranched alkanes of at least 4 members (excludes halogenated alkanes) is 1. The second kappa shape index (κ2) is 14.5. The minimum Gasteiger partial charge on any atom is -0.355 e. The van der Waals surface area contributed by atoms with E-state index in [9.17, 15) is 0 Å². The van der Waals surface area contributed by atoms with Gasteiger partial charge in [-0.15, -0.1) is 0 Å². The molecule has 6 aromatic rings. The molecule has 0 aromatic heterocycles. The molecule has 0 heterocycles. The number of hydrogen-bond donors (Lipinski definition) is 1. The van der Waals surface area contributed by atoms with Gasteiger partial charge in [-0.1, -0.05) is 141 Å². The number of fused-ring (bicyclic) bond motifs is 1. The number of rotatable bonds is 10. The number of para-hydroxylation sites is 1. The lowest BCUT2D eigenvalue weighted by Crippen LogP contribution is -1.97. The first-order valence-corrected chi connectivity index (χ1v) is 16.1. The maximum absolute atomic E-state index is 5.25. The number of hydrogen-bond acceptors (Lipinski definition) is 2. The van der Waals surface area contributed by atoms with Crippen molar-refractivity contribution in [3.63, 3.8) is 0 Å². The zero-order chi connectivity index (χ0) is 31.7. The van der Waals surface area contributed by atoms with Crippen LogP contribution in [0.3, 0.4) is 0 Å². The van der Waals surface area contributed by atoms with E-state index in [1.807, 2.05) is 6.07 Å². The highest BCUT2D eigenvalue weighted by atomic mass is 14.9. The van der Waals surface area contributed by atoms with Crippen molar-refractivity contribution in [2.75, 3.05) is 5.32 Å². The average molecular weight is 597 g/mol. The van der Waals surface area contributed by atoms with E-state index in [0.29, 0.717) is 0 Å². The second-order valence-corrected chi connectivity index (χ2v) is 11.7. The van der Waals surface area contributed by atoms with Crippen molar-refractivity contribution in [3.05, 3.63) is 180 Å². The molecule has 2 heteroatoms. The number of benzene rings is 6. The fourth-order valence-corrected chi connectivity index (χ4v) is 5.76. The van der Waals surface area contributed by atoms with Crippen LogP contribution < -0.4 is 5.32 Å². The van der Waals surface area contributed by atoms with Gasteiger partial charge in [-0.2, -0.15) is 0 Å². The predicted octanol–water partition coefficient (Wildman–Crippen LogP) is 12.3. The van der Waals surface area contributed by atoms with Gasteiger partial charge in [0.05, 0.1) is 5.70 Å². The molecule has 0 saturated carbocycles.